The Balaban J connectivity index is 1.81. The Morgan fingerprint density at radius 2 is 1.82 bits per heavy atom. The first-order valence-electron chi connectivity index (χ1n) is 8.78. The van der Waals surface area contributed by atoms with Crippen LogP contribution in [-0.4, -0.2) is 31.8 Å². The van der Waals surface area contributed by atoms with Crippen molar-refractivity contribution in [2.75, 3.05) is 4.31 Å². The Bertz CT molecular complexity index is 924. The molecule has 1 atom stereocenters. The zero-order chi connectivity index (χ0) is 20.0. The summed E-state index contributed by atoms with van der Waals surface area (Å²) in [5.41, 5.74) is 5.87. The lowest BCUT2D eigenvalue weighted by Crippen LogP contribution is -2.55. The lowest BCUT2D eigenvalue weighted by molar-refractivity contribution is 0.0788. The van der Waals surface area contributed by atoms with Gasteiger partial charge in [0.05, 0.1) is 23.5 Å². The normalized spacial score (nSPS) is 25.0. The molecule has 0 bridgehead atoms. The number of carbonyl (C=O) groups excluding carboxylic acids is 1. The fourth-order valence-corrected chi connectivity index (χ4v) is 5.03. The topological polar surface area (TPSA) is 85.5 Å². The van der Waals surface area contributed by atoms with Crippen LogP contribution in [0.4, 0.5) is 24.7 Å². The molecule has 1 amide bonds. The number of nitrogens with two attached hydrogens (primary N) is 1. The van der Waals surface area contributed by atoms with Gasteiger partial charge in [-0.2, -0.15) is 0 Å². The van der Waals surface area contributed by atoms with Crippen molar-refractivity contribution in [3.05, 3.63) is 53.5 Å². The third-order valence-corrected chi connectivity index (χ3v) is 6.49. The van der Waals surface area contributed by atoms with E-state index in [1.54, 1.807) is 0 Å². The van der Waals surface area contributed by atoms with Crippen LogP contribution >= 0.6 is 0 Å². The number of halogens is 3. The Morgan fingerprint density at radius 3 is 2.50 bits per heavy atom. The number of anilines is 2. The number of hydrogen-bond acceptors (Lipinski definition) is 5. The van der Waals surface area contributed by atoms with Crippen LogP contribution in [0.25, 0.3) is 0 Å². The lowest BCUT2D eigenvalue weighted by Gasteiger charge is -2.40. The van der Waals surface area contributed by atoms with Gasteiger partial charge in [-0.25, -0.2) is 18.2 Å². The molecular formula is C18H17F3N4O2S. The minimum Gasteiger partial charge on any atom is -0.567 e. The second-order valence-electron chi connectivity index (χ2n) is 6.85. The summed E-state index contributed by atoms with van der Waals surface area (Å²) in [6, 6.07) is 3.65. The molecule has 2 aliphatic rings. The van der Waals surface area contributed by atoms with E-state index in [9.17, 15) is 22.5 Å². The number of fused-ring (bicyclic) bond motifs is 1. The summed E-state index contributed by atoms with van der Waals surface area (Å²) in [6.07, 6.45) is 3.28. The van der Waals surface area contributed by atoms with Gasteiger partial charge in [0.15, 0.2) is 17.5 Å². The molecule has 1 aliphatic heterocycles. The molecule has 6 nitrogen and oxygen atoms in total. The molecular weight excluding hydrogens is 393 g/mol. The smallest absolute Gasteiger partial charge is 0.301 e. The van der Waals surface area contributed by atoms with Gasteiger partial charge in [0.1, 0.15) is 5.82 Å². The minimum absolute atomic E-state index is 0.0123. The van der Waals surface area contributed by atoms with Crippen LogP contribution < -0.4 is 10.0 Å². The van der Waals surface area contributed by atoms with E-state index in [2.05, 4.69) is 4.98 Å². The highest BCUT2D eigenvalue weighted by Crippen LogP contribution is 2.40. The Hall–Kier alpha value is -2.30. The van der Waals surface area contributed by atoms with E-state index in [4.69, 9.17) is 5.73 Å². The maximum atomic E-state index is 13.8. The van der Waals surface area contributed by atoms with Crippen LogP contribution in [0.5, 0.6) is 0 Å². The van der Waals surface area contributed by atoms with Gasteiger partial charge in [0.2, 0.25) is 11.5 Å². The third kappa shape index (κ3) is 3.21. The molecule has 1 fully saturated rings. The van der Waals surface area contributed by atoms with Crippen LogP contribution in [0.2, 0.25) is 0 Å². The monoisotopic (exact) mass is 410 g/mol. The standard InChI is InChI=1S/C18H17F3N4O2S/c19-10-7-14-17(23-9-10)24(13-5-6-15(20)16(21)8-13)28(27)25(18(14)26)12-3-1-11(22)2-4-12/h5-9,11-12H,1-4,22H2. The molecule has 0 spiro atoms. The Morgan fingerprint density at radius 1 is 1.11 bits per heavy atom. The van der Waals surface area contributed by atoms with E-state index >= 15 is 0 Å². The summed E-state index contributed by atoms with van der Waals surface area (Å²) < 4.78 is 56.5. The number of benzene rings is 1. The van der Waals surface area contributed by atoms with Gasteiger partial charge in [-0.3, -0.25) is 4.79 Å². The average molecular weight is 410 g/mol. The number of amides is 1. The van der Waals surface area contributed by atoms with Crippen LogP contribution in [0.1, 0.15) is 36.0 Å². The number of rotatable bonds is 2. The largest absolute Gasteiger partial charge is 0.567 e. The molecule has 28 heavy (non-hydrogen) atoms. The number of pyridine rings is 1. The van der Waals surface area contributed by atoms with Crippen LogP contribution in [0.3, 0.4) is 0 Å². The van der Waals surface area contributed by atoms with Crippen molar-refractivity contribution in [2.24, 2.45) is 5.73 Å². The first-order chi connectivity index (χ1) is 13.4. The SMILES string of the molecule is NC1CCC(N2C(=O)c3cc(F)cnc3N(c3ccc(F)c(F)c3)[S+]2[O-])CC1. The Labute approximate surface area is 162 Å². The first kappa shape index (κ1) is 19.0. The van der Waals surface area contributed by atoms with Gasteiger partial charge < -0.3 is 10.3 Å². The van der Waals surface area contributed by atoms with Crippen molar-refractivity contribution in [1.82, 2.24) is 9.29 Å². The highest BCUT2D eigenvalue weighted by Gasteiger charge is 2.48. The summed E-state index contributed by atoms with van der Waals surface area (Å²) >= 11 is -2.09. The summed E-state index contributed by atoms with van der Waals surface area (Å²) in [7, 11) is 0. The van der Waals surface area contributed by atoms with Gasteiger partial charge in [-0.1, -0.05) is 0 Å². The molecule has 10 heteroatoms. The molecule has 1 saturated carbocycles. The molecule has 2 aromatic rings. The number of carbonyl (C=O) groups is 1. The van der Waals surface area contributed by atoms with Gasteiger partial charge in [0, 0.05) is 12.1 Å². The molecule has 2 N–H and O–H groups in total. The second-order valence-corrected chi connectivity index (χ2v) is 8.07. The molecule has 0 saturated heterocycles. The molecule has 4 rings (SSSR count). The minimum atomic E-state index is -2.09. The van der Waals surface area contributed by atoms with Crippen LogP contribution in [0, 0.1) is 17.5 Å². The summed E-state index contributed by atoms with van der Waals surface area (Å²) in [5.74, 6) is -3.60. The predicted molar refractivity (Wildman–Crippen MR) is 97.2 cm³/mol. The van der Waals surface area contributed by atoms with E-state index in [1.165, 1.54) is 6.07 Å². The van der Waals surface area contributed by atoms with E-state index in [-0.39, 0.29) is 29.2 Å². The summed E-state index contributed by atoms with van der Waals surface area (Å²) in [6.45, 7) is 0. The number of nitrogens with zero attached hydrogens (tertiary/aromatic N) is 3. The molecule has 1 aliphatic carbocycles. The quantitative estimate of drug-likeness (QED) is 0.770. The predicted octanol–water partition coefficient (Wildman–Crippen LogP) is 2.94. The number of hydrogen-bond donors (Lipinski definition) is 1. The van der Waals surface area contributed by atoms with E-state index in [0.717, 1.165) is 33.0 Å². The summed E-state index contributed by atoms with van der Waals surface area (Å²) in [4.78, 5) is 16.9. The van der Waals surface area contributed by atoms with E-state index in [0.29, 0.717) is 25.7 Å². The molecule has 2 heterocycles. The first-order valence-corrected chi connectivity index (χ1v) is 9.85. The maximum Gasteiger partial charge on any atom is 0.301 e. The maximum absolute atomic E-state index is 13.8. The molecule has 0 radical (unpaired) electrons. The Kier molecular flexibility index (Phi) is 4.94. The van der Waals surface area contributed by atoms with Crippen molar-refractivity contribution in [3.63, 3.8) is 0 Å². The van der Waals surface area contributed by atoms with Gasteiger partial charge >= 0.3 is 5.91 Å². The zero-order valence-electron chi connectivity index (χ0n) is 14.6. The fourth-order valence-electron chi connectivity index (χ4n) is 3.56. The van der Waals surface area contributed by atoms with Crippen molar-refractivity contribution >= 4 is 29.0 Å². The van der Waals surface area contributed by atoms with Gasteiger partial charge in [0.25, 0.3) is 0 Å². The highest BCUT2D eigenvalue weighted by molar-refractivity contribution is 7.91. The summed E-state index contributed by atoms with van der Waals surface area (Å²) in [5, 5.41) is 0. The third-order valence-electron chi connectivity index (χ3n) is 4.99. The molecule has 1 aromatic heterocycles. The van der Waals surface area contributed by atoms with Gasteiger partial charge in [-0.15, -0.1) is 8.61 Å². The lowest BCUT2D eigenvalue weighted by atomic mass is 9.91. The molecule has 148 valence electrons. The molecule has 1 aromatic carbocycles. The van der Waals surface area contributed by atoms with Crippen molar-refractivity contribution in [1.29, 1.82) is 0 Å². The van der Waals surface area contributed by atoms with Gasteiger partial charge in [-0.05, 0) is 43.9 Å². The fraction of sp³-hybridized carbons (Fsp3) is 0.333. The van der Waals surface area contributed by atoms with Crippen molar-refractivity contribution in [2.45, 2.75) is 37.8 Å². The van der Waals surface area contributed by atoms with Crippen molar-refractivity contribution in [3.8, 4) is 0 Å². The van der Waals surface area contributed by atoms with E-state index < -0.39 is 34.9 Å². The average Bonchev–Trinajstić information content (AvgIpc) is 2.67. The second kappa shape index (κ2) is 7.26. The van der Waals surface area contributed by atoms with Crippen molar-refractivity contribution < 1.29 is 22.5 Å². The zero-order valence-corrected chi connectivity index (χ0v) is 15.5. The molecule has 1 unspecified atom stereocenters. The highest BCUT2D eigenvalue weighted by atomic mass is 32.2. The van der Waals surface area contributed by atoms with Crippen LogP contribution in [-0.2, 0) is 11.5 Å². The number of aromatic nitrogens is 1. The van der Waals surface area contributed by atoms with E-state index in [1.807, 2.05) is 0 Å². The van der Waals surface area contributed by atoms with Crippen LogP contribution in [0.15, 0.2) is 30.5 Å².